The lowest BCUT2D eigenvalue weighted by molar-refractivity contribution is -0.140. The highest BCUT2D eigenvalue weighted by Gasteiger charge is 2.46. The van der Waals surface area contributed by atoms with E-state index >= 15 is 0 Å². The van der Waals surface area contributed by atoms with Crippen LogP contribution in [0.2, 0.25) is 5.02 Å². The Kier molecular flexibility index (Phi) is 6.91. The molecular formula is C25H27ClN2O5. The van der Waals surface area contributed by atoms with E-state index in [2.05, 4.69) is 18.7 Å². The monoisotopic (exact) mass is 470 g/mol. The van der Waals surface area contributed by atoms with E-state index in [0.29, 0.717) is 40.6 Å². The third kappa shape index (κ3) is 4.56. The van der Waals surface area contributed by atoms with Crippen LogP contribution in [0.4, 0.5) is 0 Å². The predicted octanol–water partition coefficient (Wildman–Crippen LogP) is 4.22. The summed E-state index contributed by atoms with van der Waals surface area (Å²) in [7, 11) is 0. The summed E-state index contributed by atoms with van der Waals surface area (Å²) in [5.74, 6) is -0.538. The Balaban J connectivity index is 1.73. The summed E-state index contributed by atoms with van der Waals surface area (Å²) in [5.41, 5.74) is 1.10. The number of hydrogen-bond donors (Lipinski definition) is 1. The van der Waals surface area contributed by atoms with Gasteiger partial charge in [-0.15, -0.1) is 0 Å². The highest BCUT2D eigenvalue weighted by atomic mass is 35.5. The second-order valence-electron chi connectivity index (χ2n) is 8.00. The van der Waals surface area contributed by atoms with Gasteiger partial charge in [0.1, 0.15) is 5.76 Å². The number of likely N-dealkylation sites (tertiary alicyclic amines) is 1. The van der Waals surface area contributed by atoms with Crippen molar-refractivity contribution in [2.75, 3.05) is 33.0 Å². The number of hydrogen-bond acceptors (Lipinski definition) is 6. The third-order valence-electron chi connectivity index (χ3n) is 6.12. The number of benzene rings is 2. The van der Waals surface area contributed by atoms with Gasteiger partial charge < -0.3 is 24.4 Å². The van der Waals surface area contributed by atoms with E-state index < -0.39 is 17.7 Å². The van der Waals surface area contributed by atoms with E-state index in [-0.39, 0.29) is 18.1 Å². The number of aliphatic hydroxyl groups excluding tert-OH is 1. The smallest absolute Gasteiger partial charge is 0.295 e. The number of halogens is 1. The van der Waals surface area contributed by atoms with Crippen LogP contribution in [-0.2, 0) is 9.59 Å². The molecule has 7 nitrogen and oxygen atoms in total. The van der Waals surface area contributed by atoms with Crippen LogP contribution in [0.15, 0.2) is 48.0 Å². The van der Waals surface area contributed by atoms with Crippen LogP contribution in [-0.4, -0.2) is 59.6 Å². The lowest BCUT2D eigenvalue weighted by Crippen LogP contribution is -2.33. The summed E-state index contributed by atoms with van der Waals surface area (Å²) in [4.78, 5) is 30.0. The Hall–Kier alpha value is -3.03. The van der Waals surface area contributed by atoms with Crippen LogP contribution in [0.1, 0.15) is 37.4 Å². The molecule has 0 spiro atoms. The first kappa shape index (κ1) is 23.1. The molecule has 1 fully saturated rings. The van der Waals surface area contributed by atoms with Gasteiger partial charge in [-0.05, 0) is 62.0 Å². The number of amides is 1. The van der Waals surface area contributed by atoms with Gasteiger partial charge in [0.05, 0.1) is 11.6 Å². The summed E-state index contributed by atoms with van der Waals surface area (Å²) >= 11 is 6.23. The second-order valence-corrected chi connectivity index (χ2v) is 8.43. The number of carbonyl (C=O) groups is 2. The molecule has 0 bridgehead atoms. The zero-order valence-electron chi connectivity index (χ0n) is 18.7. The van der Waals surface area contributed by atoms with Gasteiger partial charge in [0.15, 0.2) is 11.5 Å². The van der Waals surface area contributed by atoms with E-state index in [0.717, 1.165) is 19.6 Å². The Morgan fingerprint density at radius 3 is 2.61 bits per heavy atom. The number of carbonyl (C=O) groups excluding carboxylic acids is 2. The van der Waals surface area contributed by atoms with Gasteiger partial charge in [-0.2, -0.15) is 0 Å². The van der Waals surface area contributed by atoms with Gasteiger partial charge in [-0.25, -0.2) is 0 Å². The molecule has 0 aromatic heterocycles. The average molecular weight is 471 g/mol. The number of ketones is 1. The summed E-state index contributed by atoms with van der Waals surface area (Å²) < 4.78 is 10.7. The third-order valence-corrected chi connectivity index (χ3v) is 6.35. The normalized spacial score (nSPS) is 19.0. The predicted molar refractivity (Wildman–Crippen MR) is 125 cm³/mol. The van der Waals surface area contributed by atoms with Gasteiger partial charge in [-0.3, -0.25) is 9.59 Å². The standard InChI is InChI=1S/C25H27ClN2O5/c1-3-27(4-2)11-6-12-28-22(16-7-5-8-18(26)13-16)21(24(30)25(28)31)23(29)17-9-10-19-20(14-17)33-15-32-19/h5,7-10,13-14,22,29H,3-4,6,11-12,15H2,1-2H3/b23-21+. The molecule has 4 rings (SSSR count). The Morgan fingerprint density at radius 2 is 1.88 bits per heavy atom. The molecule has 0 aliphatic carbocycles. The van der Waals surface area contributed by atoms with Crippen LogP contribution in [0.5, 0.6) is 11.5 Å². The van der Waals surface area contributed by atoms with E-state index in [4.69, 9.17) is 21.1 Å². The fourth-order valence-corrected chi connectivity index (χ4v) is 4.54. The highest BCUT2D eigenvalue weighted by molar-refractivity contribution is 6.46. The molecule has 2 aromatic rings. The summed E-state index contributed by atoms with van der Waals surface area (Å²) in [6, 6.07) is 11.2. The molecule has 33 heavy (non-hydrogen) atoms. The summed E-state index contributed by atoms with van der Waals surface area (Å²) in [6.07, 6.45) is 0.704. The highest BCUT2D eigenvalue weighted by Crippen LogP contribution is 2.41. The molecule has 2 aliphatic heterocycles. The Morgan fingerprint density at radius 1 is 1.12 bits per heavy atom. The molecular weight excluding hydrogens is 444 g/mol. The largest absolute Gasteiger partial charge is 0.507 e. The van der Waals surface area contributed by atoms with Crippen molar-refractivity contribution < 1.29 is 24.2 Å². The van der Waals surface area contributed by atoms with E-state index in [1.807, 2.05) is 6.07 Å². The summed E-state index contributed by atoms with van der Waals surface area (Å²) in [5, 5.41) is 11.7. The molecule has 1 atom stereocenters. The molecule has 0 saturated carbocycles. The zero-order valence-corrected chi connectivity index (χ0v) is 19.5. The van der Waals surface area contributed by atoms with Gasteiger partial charge in [0, 0.05) is 17.1 Å². The van der Waals surface area contributed by atoms with Gasteiger partial charge in [-0.1, -0.05) is 37.6 Å². The first-order valence-corrected chi connectivity index (χ1v) is 11.5. The van der Waals surface area contributed by atoms with Crippen molar-refractivity contribution in [3.8, 4) is 11.5 Å². The van der Waals surface area contributed by atoms with Crippen molar-refractivity contribution in [1.29, 1.82) is 0 Å². The first-order chi connectivity index (χ1) is 15.9. The first-order valence-electron chi connectivity index (χ1n) is 11.1. The van der Waals surface area contributed by atoms with Gasteiger partial charge >= 0.3 is 0 Å². The minimum absolute atomic E-state index is 0.0453. The fraction of sp³-hybridized carbons (Fsp3) is 0.360. The van der Waals surface area contributed by atoms with Crippen molar-refractivity contribution in [3.63, 3.8) is 0 Å². The minimum Gasteiger partial charge on any atom is -0.507 e. The zero-order chi connectivity index (χ0) is 23.5. The SMILES string of the molecule is CCN(CC)CCCN1C(=O)C(=O)/C(=C(/O)c2ccc3c(c2)OCO3)C1c1cccc(Cl)c1. The molecule has 0 radical (unpaired) electrons. The lowest BCUT2D eigenvalue weighted by atomic mass is 9.95. The Bertz CT molecular complexity index is 1100. The van der Waals surface area contributed by atoms with E-state index in [1.54, 1.807) is 36.4 Å². The number of Topliss-reactive ketones (excluding diaryl/α,β-unsaturated/α-hetero) is 1. The van der Waals surface area contributed by atoms with Crippen LogP contribution < -0.4 is 9.47 Å². The second kappa shape index (κ2) is 9.85. The van der Waals surface area contributed by atoms with Crippen LogP contribution >= 0.6 is 11.6 Å². The average Bonchev–Trinajstić information content (AvgIpc) is 3.39. The summed E-state index contributed by atoms with van der Waals surface area (Å²) in [6.45, 7) is 7.30. The van der Waals surface area contributed by atoms with Crippen molar-refractivity contribution in [2.24, 2.45) is 0 Å². The van der Waals surface area contributed by atoms with Gasteiger partial charge in [0.2, 0.25) is 6.79 Å². The van der Waals surface area contributed by atoms with E-state index in [1.165, 1.54) is 4.90 Å². The molecule has 2 aliphatic rings. The maximum atomic E-state index is 13.1. The molecule has 1 amide bonds. The fourth-order valence-electron chi connectivity index (χ4n) is 4.34. The molecule has 174 valence electrons. The Labute approximate surface area is 198 Å². The molecule has 8 heteroatoms. The molecule has 1 unspecified atom stereocenters. The number of fused-ring (bicyclic) bond motifs is 1. The number of nitrogens with zero attached hydrogens (tertiary/aromatic N) is 2. The van der Waals surface area contributed by atoms with Crippen molar-refractivity contribution in [1.82, 2.24) is 9.80 Å². The van der Waals surface area contributed by atoms with Crippen LogP contribution in [0.25, 0.3) is 5.76 Å². The molecule has 2 heterocycles. The van der Waals surface area contributed by atoms with Crippen LogP contribution in [0.3, 0.4) is 0 Å². The number of rotatable bonds is 8. The lowest BCUT2D eigenvalue weighted by Gasteiger charge is -2.27. The maximum Gasteiger partial charge on any atom is 0.295 e. The molecule has 1 N–H and O–H groups in total. The number of ether oxygens (including phenoxy) is 2. The minimum atomic E-state index is -0.731. The van der Waals surface area contributed by atoms with Gasteiger partial charge in [0.25, 0.3) is 11.7 Å². The van der Waals surface area contributed by atoms with Crippen molar-refractivity contribution in [3.05, 3.63) is 64.2 Å². The molecule has 2 aromatic carbocycles. The van der Waals surface area contributed by atoms with Crippen molar-refractivity contribution >= 4 is 29.1 Å². The van der Waals surface area contributed by atoms with Crippen molar-refractivity contribution in [2.45, 2.75) is 26.3 Å². The number of aliphatic hydroxyl groups is 1. The topological polar surface area (TPSA) is 79.3 Å². The quantitative estimate of drug-likeness (QED) is 0.353. The van der Waals surface area contributed by atoms with E-state index in [9.17, 15) is 14.7 Å². The molecule has 1 saturated heterocycles. The maximum absolute atomic E-state index is 13.1. The van der Waals surface area contributed by atoms with Crippen LogP contribution in [0, 0.1) is 0 Å².